The van der Waals surface area contributed by atoms with Crippen LogP contribution in [0, 0.1) is 11.3 Å². The average molecular weight is 292 g/mol. The molecule has 4 fully saturated rings. The highest BCUT2D eigenvalue weighted by Crippen LogP contribution is 2.60. The molecular formula is C18H32N2O. The molecular weight excluding hydrogens is 260 g/mol. The Bertz CT molecular complexity index is 369. The summed E-state index contributed by atoms with van der Waals surface area (Å²) in [7, 11) is 4.47. The fourth-order valence-corrected chi connectivity index (χ4v) is 5.96. The van der Waals surface area contributed by atoms with Crippen molar-refractivity contribution in [1.29, 1.82) is 0 Å². The van der Waals surface area contributed by atoms with Crippen molar-refractivity contribution in [1.82, 2.24) is 10.2 Å². The highest BCUT2D eigenvalue weighted by molar-refractivity contribution is 5.17. The van der Waals surface area contributed by atoms with Gasteiger partial charge in [0, 0.05) is 36.1 Å². The standard InChI is InChI=1S/C18H32N2O/c1-20(2)14-7-5-13(6-8-14)19-16-15-9-12-21-17(15)18(16)10-3-4-11-18/h13-17,19H,3-12H2,1-2H3. The molecule has 3 saturated carbocycles. The van der Waals surface area contributed by atoms with Gasteiger partial charge < -0.3 is 15.0 Å². The molecule has 1 heterocycles. The van der Waals surface area contributed by atoms with Gasteiger partial charge in [-0.25, -0.2) is 0 Å². The lowest BCUT2D eigenvalue weighted by Gasteiger charge is -2.58. The van der Waals surface area contributed by atoms with Crippen molar-refractivity contribution >= 4 is 0 Å². The van der Waals surface area contributed by atoms with Crippen molar-refractivity contribution in [2.24, 2.45) is 11.3 Å². The number of ether oxygens (including phenoxy) is 1. The van der Waals surface area contributed by atoms with E-state index < -0.39 is 0 Å². The highest BCUT2D eigenvalue weighted by Gasteiger charge is 2.64. The van der Waals surface area contributed by atoms with Gasteiger partial charge >= 0.3 is 0 Å². The van der Waals surface area contributed by atoms with Crippen LogP contribution in [0.1, 0.15) is 57.8 Å². The van der Waals surface area contributed by atoms with E-state index in [2.05, 4.69) is 24.3 Å². The second-order valence-electron chi connectivity index (χ2n) is 8.30. The van der Waals surface area contributed by atoms with Crippen LogP contribution in [0.3, 0.4) is 0 Å². The fourth-order valence-electron chi connectivity index (χ4n) is 5.96. The molecule has 1 saturated heterocycles. The smallest absolute Gasteiger partial charge is 0.0690 e. The first-order valence-corrected chi connectivity index (χ1v) is 9.25. The summed E-state index contributed by atoms with van der Waals surface area (Å²) < 4.78 is 6.11. The van der Waals surface area contributed by atoms with E-state index in [4.69, 9.17) is 4.74 Å². The molecule has 4 aliphatic rings. The first kappa shape index (κ1) is 14.5. The Morgan fingerprint density at radius 1 is 1.00 bits per heavy atom. The first-order chi connectivity index (χ1) is 10.2. The van der Waals surface area contributed by atoms with E-state index in [-0.39, 0.29) is 0 Å². The normalized spacial score (nSPS) is 45.0. The van der Waals surface area contributed by atoms with Crippen LogP contribution in [0.4, 0.5) is 0 Å². The molecule has 0 amide bonds. The molecule has 0 aromatic heterocycles. The summed E-state index contributed by atoms with van der Waals surface area (Å²) in [6, 6.07) is 2.35. The third-order valence-electron chi connectivity index (χ3n) is 7.13. The SMILES string of the molecule is CN(C)C1CCC(NC2C3CCOC3C23CCCC3)CC1. The van der Waals surface area contributed by atoms with Crippen LogP contribution in [0.15, 0.2) is 0 Å². The molecule has 0 bridgehead atoms. The Kier molecular flexibility index (Phi) is 3.79. The predicted molar refractivity (Wildman–Crippen MR) is 85.4 cm³/mol. The van der Waals surface area contributed by atoms with E-state index >= 15 is 0 Å². The summed E-state index contributed by atoms with van der Waals surface area (Å²) in [5, 5.41) is 4.12. The summed E-state index contributed by atoms with van der Waals surface area (Å²) in [5.74, 6) is 0.828. The molecule has 0 aromatic carbocycles. The van der Waals surface area contributed by atoms with Gasteiger partial charge in [-0.15, -0.1) is 0 Å². The van der Waals surface area contributed by atoms with Crippen molar-refractivity contribution < 1.29 is 4.74 Å². The zero-order chi connectivity index (χ0) is 14.4. The molecule has 3 aliphatic carbocycles. The van der Waals surface area contributed by atoms with Crippen molar-refractivity contribution in [2.45, 2.75) is 82.0 Å². The second-order valence-corrected chi connectivity index (χ2v) is 8.30. The van der Waals surface area contributed by atoms with Gasteiger partial charge in [-0.05, 0) is 59.0 Å². The van der Waals surface area contributed by atoms with Crippen LogP contribution in [-0.2, 0) is 4.74 Å². The van der Waals surface area contributed by atoms with E-state index in [1.807, 2.05) is 0 Å². The fraction of sp³-hybridized carbons (Fsp3) is 1.00. The molecule has 3 atom stereocenters. The van der Waals surface area contributed by atoms with Crippen LogP contribution in [0.5, 0.6) is 0 Å². The average Bonchev–Trinajstić information content (AvgIpc) is 3.13. The lowest BCUT2D eigenvalue weighted by molar-refractivity contribution is -0.134. The quantitative estimate of drug-likeness (QED) is 0.865. The van der Waals surface area contributed by atoms with Crippen LogP contribution >= 0.6 is 0 Å². The first-order valence-electron chi connectivity index (χ1n) is 9.25. The van der Waals surface area contributed by atoms with E-state index in [0.29, 0.717) is 11.5 Å². The van der Waals surface area contributed by atoms with Crippen molar-refractivity contribution in [2.75, 3.05) is 20.7 Å². The summed E-state index contributed by atoms with van der Waals surface area (Å²) >= 11 is 0. The maximum Gasteiger partial charge on any atom is 0.0690 e. The molecule has 4 rings (SSSR count). The zero-order valence-electron chi connectivity index (χ0n) is 13.8. The number of nitrogens with zero attached hydrogens (tertiary/aromatic N) is 1. The van der Waals surface area contributed by atoms with Crippen molar-refractivity contribution in [3.8, 4) is 0 Å². The van der Waals surface area contributed by atoms with Gasteiger partial charge in [-0.3, -0.25) is 0 Å². The number of fused-ring (bicyclic) bond motifs is 2. The molecule has 0 radical (unpaired) electrons. The second kappa shape index (κ2) is 5.50. The number of hydrogen-bond donors (Lipinski definition) is 1. The van der Waals surface area contributed by atoms with Crippen LogP contribution in [0.25, 0.3) is 0 Å². The summed E-state index contributed by atoms with van der Waals surface area (Å²) in [6.07, 6.45) is 13.1. The molecule has 120 valence electrons. The Hall–Kier alpha value is -0.120. The third kappa shape index (κ3) is 2.27. The Morgan fingerprint density at radius 3 is 2.38 bits per heavy atom. The monoisotopic (exact) mass is 292 g/mol. The molecule has 3 nitrogen and oxygen atoms in total. The Morgan fingerprint density at radius 2 is 1.71 bits per heavy atom. The van der Waals surface area contributed by atoms with Crippen LogP contribution in [-0.4, -0.2) is 49.8 Å². The number of hydrogen-bond acceptors (Lipinski definition) is 3. The lowest BCUT2D eigenvalue weighted by Crippen LogP contribution is -2.69. The minimum Gasteiger partial charge on any atom is -0.377 e. The van der Waals surface area contributed by atoms with Crippen molar-refractivity contribution in [3.63, 3.8) is 0 Å². The maximum absolute atomic E-state index is 6.11. The van der Waals surface area contributed by atoms with Crippen molar-refractivity contribution in [3.05, 3.63) is 0 Å². The topological polar surface area (TPSA) is 24.5 Å². The van der Waals surface area contributed by atoms with Gasteiger partial charge in [0.2, 0.25) is 0 Å². The molecule has 0 aromatic rings. The summed E-state index contributed by atoms with van der Waals surface area (Å²) in [6.45, 7) is 1.02. The van der Waals surface area contributed by atoms with Crippen LogP contribution in [0.2, 0.25) is 0 Å². The van der Waals surface area contributed by atoms with Crippen LogP contribution < -0.4 is 5.32 Å². The minimum absolute atomic E-state index is 0.527. The zero-order valence-corrected chi connectivity index (χ0v) is 13.8. The van der Waals surface area contributed by atoms with Gasteiger partial charge in [-0.2, -0.15) is 0 Å². The molecule has 3 heteroatoms. The van der Waals surface area contributed by atoms with Gasteiger partial charge in [0.1, 0.15) is 0 Å². The molecule has 1 aliphatic heterocycles. The molecule has 1 spiro atoms. The largest absolute Gasteiger partial charge is 0.377 e. The highest BCUT2D eigenvalue weighted by atomic mass is 16.5. The molecule has 21 heavy (non-hydrogen) atoms. The van der Waals surface area contributed by atoms with E-state index in [1.165, 1.54) is 57.8 Å². The van der Waals surface area contributed by atoms with Gasteiger partial charge in [-0.1, -0.05) is 12.8 Å². The maximum atomic E-state index is 6.11. The Labute approximate surface area is 129 Å². The van der Waals surface area contributed by atoms with E-state index in [9.17, 15) is 0 Å². The summed E-state index contributed by atoms with van der Waals surface area (Å²) in [5.41, 5.74) is 0.527. The van der Waals surface area contributed by atoms with Gasteiger partial charge in [0.05, 0.1) is 6.10 Å². The summed E-state index contributed by atoms with van der Waals surface area (Å²) in [4.78, 5) is 2.42. The Balaban J connectivity index is 1.38. The number of rotatable bonds is 3. The third-order valence-corrected chi connectivity index (χ3v) is 7.13. The number of nitrogens with one attached hydrogen (secondary N) is 1. The van der Waals surface area contributed by atoms with Gasteiger partial charge in [0.15, 0.2) is 0 Å². The lowest BCUT2D eigenvalue weighted by atomic mass is 9.54. The predicted octanol–water partition coefficient (Wildman–Crippen LogP) is 2.80. The molecule has 3 unspecified atom stereocenters. The van der Waals surface area contributed by atoms with E-state index in [0.717, 1.165) is 30.7 Å². The minimum atomic E-state index is 0.527. The van der Waals surface area contributed by atoms with E-state index in [1.54, 1.807) is 0 Å². The van der Waals surface area contributed by atoms with Gasteiger partial charge in [0.25, 0.3) is 0 Å². The molecule has 1 N–H and O–H groups in total.